The summed E-state index contributed by atoms with van der Waals surface area (Å²) in [6.45, 7) is 0.683. The Hall–Kier alpha value is -0.570. The first-order chi connectivity index (χ1) is 7.70. The summed E-state index contributed by atoms with van der Waals surface area (Å²) in [7, 11) is 0. The van der Waals surface area contributed by atoms with Crippen LogP contribution in [-0.4, -0.2) is 18.0 Å². The van der Waals surface area contributed by atoms with Crippen LogP contribution >= 0.6 is 0 Å². The lowest BCUT2D eigenvalue weighted by molar-refractivity contribution is -0.127. The molecule has 0 aromatic heterocycles. The number of rotatable bonds is 3. The molecule has 16 heavy (non-hydrogen) atoms. The molecule has 2 aliphatic carbocycles. The topological polar surface area (TPSA) is 55.1 Å². The molecule has 0 aromatic rings. The molecule has 92 valence electrons. The molecular weight excluding hydrogens is 200 g/mol. The van der Waals surface area contributed by atoms with Crippen LogP contribution in [0.1, 0.15) is 57.8 Å². The quantitative estimate of drug-likeness (QED) is 0.720. The zero-order valence-corrected chi connectivity index (χ0v) is 10.1. The average molecular weight is 224 g/mol. The molecule has 0 aliphatic heterocycles. The Labute approximate surface area is 98.2 Å². The summed E-state index contributed by atoms with van der Waals surface area (Å²) in [4.78, 5) is 11.7. The van der Waals surface area contributed by atoms with Gasteiger partial charge in [-0.2, -0.15) is 0 Å². The Bertz CT molecular complexity index is 240. The van der Waals surface area contributed by atoms with Crippen molar-refractivity contribution in [3.63, 3.8) is 0 Å². The Kier molecular flexibility index (Phi) is 3.85. The van der Waals surface area contributed by atoms with Gasteiger partial charge in [0, 0.05) is 18.0 Å². The number of carbonyl (C=O) groups excluding carboxylic acids is 1. The van der Waals surface area contributed by atoms with Gasteiger partial charge in [-0.1, -0.05) is 32.1 Å². The van der Waals surface area contributed by atoms with Crippen molar-refractivity contribution in [1.29, 1.82) is 0 Å². The van der Waals surface area contributed by atoms with Gasteiger partial charge < -0.3 is 11.1 Å². The van der Waals surface area contributed by atoms with Crippen molar-refractivity contribution in [2.75, 3.05) is 6.54 Å². The maximum absolute atomic E-state index is 11.7. The molecule has 0 unspecified atom stereocenters. The van der Waals surface area contributed by atoms with Gasteiger partial charge in [-0.25, -0.2) is 0 Å². The number of hydrogen-bond acceptors (Lipinski definition) is 2. The highest BCUT2D eigenvalue weighted by Crippen LogP contribution is 2.27. The second kappa shape index (κ2) is 5.17. The van der Waals surface area contributed by atoms with Crippen molar-refractivity contribution < 1.29 is 4.79 Å². The number of nitrogens with one attached hydrogen (secondary N) is 1. The summed E-state index contributed by atoms with van der Waals surface area (Å²) in [5.41, 5.74) is 6.22. The summed E-state index contributed by atoms with van der Waals surface area (Å²) in [6, 6.07) is 0. The van der Waals surface area contributed by atoms with E-state index in [-0.39, 0.29) is 17.4 Å². The minimum atomic E-state index is -0.129. The molecule has 3 N–H and O–H groups in total. The second-order valence-corrected chi connectivity index (χ2v) is 5.62. The van der Waals surface area contributed by atoms with Crippen LogP contribution in [0.4, 0.5) is 0 Å². The summed E-state index contributed by atoms with van der Waals surface area (Å²) in [6.07, 6.45) is 10.5. The van der Waals surface area contributed by atoms with E-state index in [4.69, 9.17) is 5.73 Å². The van der Waals surface area contributed by atoms with E-state index in [0.717, 1.165) is 25.7 Å². The van der Waals surface area contributed by atoms with Gasteiger partial charge >= 0.3 is 0 Å². The third-order valence-electron chi connectivity index (χ3n) is 4.19. The van der Waals surface area contributed by atoms with Crippen LogP contribution in [0.5, 0.6) is 0 Å². The molecule has 0 aromatic carbocycles. The lowest BCUT2D eigenvalue weighted by Crippen LogP contribution is -2.51. The molecule has 2 aliphatic rings. The van der Waals surface area contributed by atoms with Gasteiger partial charge in [0.2, 0.25) is 5.91 Å². The molecule has 0 spiro atoms. The Balaban J connectivity index is 1.76. The standard InChI is InChI=1S/C13H24N2O/c14-13(8-3-1-2-4-9-13)10-15-12(16)11-6-5-7-11/h11H,1-10,14H2,(H,15,16). The van der Waals surface area contributed by atoms with E-state index >= 15 is 0 Å². The molecule has 1 amide bonds. The summed E-state index contributed by atoms with van der Waals surface area (Å²) in [5.74, 6) is 0.523. The fourth-order valence-corrected chi connectivity index (χ4v) is 2.69. The van der Waals surface area contributed by atoms with E-state index in [2.05, 4.69) is 5.32 Å². The molecular formula is C13H24N2O. The first-order valence-electron chi connectivity index (χ1n) is 6.76. The SMILES string of the molecule is NC1(CNC(=O)C2CCC2)CCCCCC1. The fourth-order valence-electron chi connectivity index (χ4n) is 2.69. The highest BCUT2D eigenvalue weighted by molar-refractivity contribution is 5.79. The van der Waals surface area contributed by atoms with Crippen LogP contribution < -0.4 is 11.1 Å². The highest BCUT2D eigenvalue weighted by Gasteiger charge is 2.29. The molecule has 0 heterocycles. The predicted molar refractivity (Wildman–Crippen MR) is 65.0 cm³/mol. The fraction of sp³-hybridized carbons (Fsp3) is 0.923. The highest BCUT2D eigenvalue weighted by atomic mass is 16.1. The molecule has 0 radical (unpaired) electrons. The molecule has 3 heteroatoms. The van der Waals surface area contributed by atoms with E-state index in [0.29, 0.717) is 6.54 Å². The maximum Gasteiger partial charge on any atom is 0.223 e. The smallest absolute Gasteiger partial charge is 0.223 e. The van der Waals surface area contributed by atoms with Crippen molar-refractivity contribution in [3.05, 3.63) is 0 Å². The lowest BCUT2D eigenvalue weighted by Gasteiger charge is -2.31. The lowest BCUT2D eigenvalue weighted by atomic mass is 9.84. The van der Waals surface area contributed by atoms with E-state index in [1.54, 1.807) is 0 Å². The molecule has 0 atom stereocenters. The van der Waals surface area contributed by atoms with Crippen molar-refractivity contribution in [2.45, 2.75) is 63.3 Å². The van der Waals surface area contributed by atoms with E-state index in [1.165, 1.54) is 32.1 Å². The normalized spacial score (nSPS) is 25.6. The third-order valence-corrected chi connectivity index (χ3v) is 4.19. The van der Waals surface area contributed by atoms with Crippen LogP contribution in [-0.2, 0) is 4.79 Å². The zero-order valence-electron chi connectivity index (χ0n) is 10.1. The van der Waals surface area contributed by atoms with Gasteiger partial charge in [-0.3, -0.25) is 4.79 Å². The monoisotopic (exact) mass is 224 g/mol. The van der Waals surface area contributed by atoms with Crippen molar-refractivity contribution >= 4 is 5.91 Å². The number of nitrogens with two attached hydrogens (primary N) is 1. The van der Waals surface area contributed by atoms with Crippen molar-refractivity contribution in [3.8, 4) is 0 Å². The van der Waals surface area contributed by atoms with Gasteiger partial charge in [0.15, 0.2) is 0 Å². The molecule has 2 saturated carbocycles. The van der Waals surface area contributed by atoms with E-state index in [9.17, 15) is 4.79 Å². The van der Waals surface area contributed by atoms with Crippen LogP contribution in [0, 0.1) is 5.92 Å². The van der Waals surface area contributed by atoms with E-state index < -0.39 is 0 Å². The Morgan fingerprint density at radius 2 is 1.75 bits per heavy atom. The minimum absolute atomic E-state index is 0.129. The van der Waals surface area contributed by atoms with E-state index in [1.807, 2.05) is 0 Å². The van der Waals surface area contributed by atoms with Crippen molar-refractivity contribution in [2.24, 2.45) is 11.7 Å². The number of amides is 1. The minimum Gasteiger partial charge on any atom is -0.354 e. The molecule has 0 saturated heterocycles. The van der Waals surface area contributed by atoms with Crippen LogP contribution in [0.15, 0.2) is 0 Å². The summed E-state index contributed by atoms with van der Waals surface area (Å²) in [5, 5.41) is 3.06. The van der Waals surface area contributed by atoms with Gasteiger partial charge in [0.25, 0.3) is 0 Å². The molecule has 2 fully saturated rings. The number of hydrogen-bond donors (Lipinski definition) is 2. The van der Waals surface area contributed by atoms with Gasteiger partial charge in [0.1, 0.15) is 0 Å². The maximum atomic E-state index is 11.7. The van der Waals surface area contributed by atoms with Crippen LogP contribution in [0.2, 0.25) is 0 Å². The average Bonchev–Trinajstić information content (AvgIpc) is 2.38. The zero-order chi connectivity index (χ0) is 11.4. The second-order valence-electron chi connectivity index (χ2n) is 5.62. The van der Waals surface area contributed by atoms with Crippen molar-refractivity contribution in [1.82, 2.24) is 5.32 Å². The summed E-state index contributed by atoms with van der Waals surface area (Å²) >= 11 is 0. The summed E-state index contributed by atoms with van der Waals surface area (Å²) < 4.78 is 0. The first kappa shape index (κ1) is 11.9. The van der Waals surface area contributed by atoms with Gasteiger partial charge in [-0.15, -0.1) is 0 Å². The van der Waals surface area contributed by atoms with Crippen LogP contribution in [0.3, 0.4) is 0 Å². The Morgan fingerprint density at radius 3 is 2.25 bits per heavy atom. The van der Waals surface area contributed by atoms with Gasteiger partial charge in [0.05, 0.1) is 0 Å². The predicted octanol–water partition coefficient (Wildman–Crippen LogP) is 1.95. The Morgan fingerprint density at radius 1 is 1.12 bits per heavy atom. The molecule has 2 rings (SSSR count). The van der Waals surface area contributed by atoms with Gasteiger partial charge in [-0.05, 0) is 25.7 Å². The third kappa shape index (κ3) is 2.97. The largest absolute Gasteiger partial charge is 0.354 e. The first-order valence-corrected chi connectivity index (χ1v) is 6.76. The number of carbonyl (C=O) groups is 1. The van der Waals surface area contributed by atoms with Crippen LogP contribution in [0.25, 0.3) is 0 Å². The molecule has 3 nitrogen and oxygen atoms in total. The molecule has 0 bridgehead atoms.